The Hall–Kier alpha value is -0.610. The number of carbonyl (C=O) groups excluding carboxylic acids is 1. The average molecular weight is 669 g/mol. The molecular weight excluding hydrogens is 592 g/mol. The van der Waals surface area contributed by atoms with Crippen LogP contribution < -0.4 is 0 Å². The van der Waals surface area contributed by atoms with Crippen LogP contribution in [0.25, 0.3) is 0 Å². The van der Waals surface area contributed by atoms with Gasteiger partial charge in [0.2, 0.25) is 0 Å². The summed E-state index contributed by atoms with van der Waals surface area (Å²) in [4.78, 5) is 13.3. The van der Waals surface area contributed by atoms with Gasteiger partial charge in [-0.25, -0.2) is 0 Å². The van der Waals surface area contributed by atoms with Gasteiger partial charge in [0.25, 0.3) is 0 Å². The van der Waals surface area contributed by atoms with Crippen molar-refractivity contribution in [3.8, 4) is 0 Å². The van der Waals surface area contributed by atoms with Crippen LogP contribution in [0.3, 0.4) is 0 Å². The van der Waals surface area contributed by atoms with Crippen molar-refractivity contribution in [2.24, 2.45) is 35.5 Å². The third kappa shape index (κ3) is 12.6. The molecule has 0 amide bonds. The van der Waals surface area contributed by atoms with Crippen molar-refractivity contribution in [2.45, 2.75) is 212 Å². The number of carbonyl (C=O) groups is 1. The quantitative estimate of drug-likeness (QED) is 0.0828. The molecule has 4 heteroatoms. The lowest BCUT2D eigenvalue weighted by Gasteiger charge is -2.38. The van der Waals surface area contributed by atoms with Crippen LogP contribution in [-0.4, -0.2) is 31.6 Å². The van der Waals surface area contributed by atoms with E-state index < -0.39 is 0 Å². The largest absolute Gasteiger partial charge is 0.463 e. The molecule has 0 aliphatic heterocycles. The highest BCUT2D eigenvalue weighted by atomic mass is 16.7. The monoisotopic (exact) mass is 669 g/mol. The Balaban J connectivity index is 0.964. The molecule has 0 saturated heterocycles. The van der Waals surface area contributed by atoms with Crippen LogP contribution >= 0.6 is 0 Å². The summed E-state index contributed by atoms with van der Waals surface area (Å²) in [5.41, 5.74) is 0. The maximum Gasteiger partial charge on any atom is 0.309 e. The zero-order chi connectivity index (χ0) is 33.4. The molecule has 1 atom stereocenters. The lowest BCUT2D eigenvalue weighted by atomic mass is 9.68. The number of esters is 1. The molecule has 5 aliphatic rings. The van der Waals surface area contributed by atoms with E-state index >= 15 is 0 Å². The van der Waals surface area contributed by atoms with Crippen LogP contribution in [0.2, 0.25) is 0 Å². The molecule has 0 aromatic carbocycles. The van der Waals surface area contributed by atoms with Crippen molar-refractivity contribution in [3.63, 3.8) is 0 Å². The van der Waals surface area contributed by atoms with Crippen LogP contribution in [0.1, 0.15) is 200 Å². The molecule has 5 saturated carbocycles. The van der Waals surface area contributed by atoms with E-state index in [-0.39, 0.29) is 18.0 Å². The number of hydrogen-bond acceptors (Lipinski definition) is 4. The van der Waals surface area contributed by atoms with E-state index in [1.54, 1.807) is 0 Å². The number of hydrogen-bond donors (Lipinski definition) is 0. The molecule has 0 spiro atoms. The summed E-state index contributed by atoms with van der Waals surface area (Å²) in [6.07, 6.45) is 38.3. The van der Waals surface area contributed by atoms with Gasteiger partial charge in [-0.2, -0.15) is 0 Å². The zero-order valence-corrected chi connectivity index (χ0v) is 31.7. The average Bonchev–Trinajstić information content (AvgIpc) is 3.14. The maximum absolute atomic E-state index is 13.3. The number of rotatable bonds is 18. The molecule has 0 aromatic heterocycles. The first-order valence-electron chi connectivity index (χ1n) is 21.7. The molecule has 2 radical (unpaired) electrons. The first-order chi connectivity index (χ1) is 23.6. The van der Waals surface area contributed by atoms with Crippen molar-refractivity contribution in [1.82, 2.24) is 0 Å². The Morgan fingerprint density at radius 1 is 0.688 bits per heavy atom. The van der Waals surface area contributed by atoms with Gasteiger partial charge in [0, 0.05) is 0 Å². The van der Waals surface area contributed by atoms with Gasteiger partial charge in [-0.15, -0.1) is 0 Å². The molecule has 4 nitrogen and oxygen atoms in total. The summed E-state index contributed by atoms with van der Waals surface area (Å²) >= 11 is 0. The van der Waals surface area contributed by atoms with Crippen LogP contribution in [-0.2, 0) is 19.0 Å². The summed E-state index contributed by atoms with van der Waals surface area (Å²) in [5.74, 6) is 7.86. The lowest BCUT2D eigenvalue weighted by Crippen LogP contribution is -2.35. The molecule has 5 aliphatic carbocycles. The Bertz CT molecular complexity index is 836. The van der Waals surface area contributed by atoms with Crippen LogP contribution in [0.4, 0.5) is 0 Å². The Kier molecular flexibility index (Phi) is 17.4. The number of unbranched alkanes of at least 4 members (excludes halogenated alkanes) is 4. The highest BCUT2D eigenvalue weighted by Gasteiger charge is 2.35. The van der Waals surface area contributed by atoms with Gasteiger partial charge >= 0.3 is 5.97 Å². The highest BCUT2D eigenvalue weighted by Crippen LogP contribution is 2.45. The predicted octanol–water partition coefficient (Wildman–Crippen LogP) is 12.5. The highest BCUT2D eigenvalue weighted by molar-refractivity contribution is 5.72. The van der Waals surface area contributed by atoms with Crippen molar-refractivity contribution in [1.29, 1.82) is 0 Å². The second kappa shape index (κ2) is 21.7. The van der Waals surface area contributed by atoms with E-state index in [0.29, 0.717) is 25.4 Å². The van der Waals surface area contributed by atoms with Gasteiger partial charge in [0.05, 0.1) is 18.1 Å². The van der Waals surface area contributed by atoms with E-state index in [2.05, 4.69) is 13.8 Å². The molecule has 5 fully saturated rings. The molecule has 5 rings (SSSR count). The molecule has 0 aromatic rings. The van der Waals surface area contributed by atoms with Gasteiger partial charge in [-0.1, -0.05) is 78.1 Å². The second-order valence-corrected chi connectivity index (χ2v) is 17.2. The standard InChI is InChI=1S/C44H76O4/c1-3-5-8-12-34-16-20-36(21-17-34)38-24-26-41(27-25-38)44(45)46-32-43(40-14-10-7-11-15-40)48-33-47-42-30-28-39(29-31-42)37-22-18-35(19-23-37)13-9-6-4-2/h34,37-43H,3-33H2,1-2H3. The summed E-state index contributed by atoms with van der Waals surface area (Å²) in [6, 6.07) is 0. The van der Waals surface area contributed by atoms with Gasteiger partial charge < -0.3 is 14.2 Å². The first kappa shape index (κ1) is 38.6. The fourth-order valence-corrected chi connectivity index (χ4v) is 10.6. The van der Waals surface area contributed by atoms with Gasteiger partial charge in [0.1, 0.15) is 13.4 Å². The van der Waals surface area contributed by atoms with Crippen molar-refractivity contribution in [3.05, 3.63) is 11.8 Å². The maximum atomic E-state index is 13.3. The molecule has 0 N–H and O–H groups in total. The molecule has 0 heterocycles. The Labute approximate surface area is 297 Å². The van der Waals surface area contributed by atoms with E-state index in [1.807, 2.05) is 11.8 Å². The molecule has 276 valence electrons. The number of ether oxygens (including phenoxy) is 3. The normalized spacial score (nSPS) is 30.0. The van der Waals surface area contributed by atoms with E-state index in [0.717, 1.165) is 36.5 Å². The minimum atomic E-state index is -0.0185. The molecular formula is C44H76O4. The summed E-state index contributed by atoms with van der Waals surface area (Å²) in [7, 11) is 0. The third-order valence-electron chi connectivity index (χ3n) is 14.0. The SMILES string of the molecule is CCCCC[C]1CCC(C2CCC(OCOC(COC(=O)C3CCC([C]4CCC(CCCCC)CC4)CC3)C3CCCCC3)CC2)CC1. The zero-order valence-electron chi connectivity index (χ0n) is 31.7. The topological polar surface area (TPSA) is 44.8 Å². The van der Waals surface area contributed by atoms with Crippen LogP contribution in [0, 0.1) is 47.3 Å². The van der Waals surface area contributed by atoms with Gasteiger partial charge in [-0.3, -0.25) is 4.79 Å². The van der Waals surface area contributed by atoms with E-state index in [9.17, 15) is 4.79 Å². The van der Waals surface area contributed by atoms with Crippen LogP contribution in [0.15, 0.2) is 0 Å². The molecule has 1 unspecified atom stereocenters. The summed E-state index contributed by atoms with van der Waals surface area (Å²) < 4.78 is 18.9. The summed E-state index contributed by atoms with van der Waals surface area (Å²) in [6.45, 7) is 5.39. The van der Waals surface area contributed by atoms with E-state index in [4.69, 9.17) is 14.2 Å². The molecule has 48 heavy (non-hydrogen) atoms. The smallest absolute Gasteiger partial charge is 0.309 e. The summed E-state index contributed by atoms with van der Waals surface area (Å²) in [5, 5.41) is 0. The predicted molar refractivity (Wildman–Crippen MR) is 198 cm³/mol. The van der Waals surface area contributed by atoms with Gasteiger partial charge in [0.15, 0.2) is 0 Å². The second-order valence-electron chi connectivity index (χ2n) is 17.2. The fourth-order valence-electron chi connectivity index (χ4n) is 10.6. The van der Waals surface area contributed by atoms with Crippen molar-refractivity contribution in [2.75, 3.05) is 13.4 Å². The van der Waals surface area contributed by atoms with Crippen molar-refractivity contribution < 1.29 is 19.0 Å². The lowest BCUT2D eigenvalue weighted by molar-refractivity contribution is -0.172. The van der Waals surface area contributed by atoms with Crippen LogP contribution in [0.5, 0.6) is 0 Å². The molecule has 0 bridgehead atoms. The Morgan fingerprint density at radius 3 is 2.04 bits per heavy atom. The fraction of sp³-hybridized carbons (Fsp3) is 0.932. The minimum absolute atomic E-state index is 0.0185. The third-order valence-corrected chi connectivity index (χ3v) is 14.0. The Morgan fingerprint density at radius 2 is 1.35 bits per heavy atom. The first-order valence-corrected chi connectivity index (χ1v) is 21.7. The van der Waals surface area contributed by atoms with Gasteiger partial charge in [-0.05, 0) is 163 Å². The van der Waals surface area contributed by atoms with Crippen molar-refractivity contribution >= 4 is 5.97 Å². The minimum Gasteiger partial charge on any atom is -0.463 e. The van der Waals surface area contributed by atoms with E-state index in [1.165, 1.54) is 173 Å².